The van der Waals surface area contributed by atoms with Crippen LogP contribution in [0.5, 0.6) is 5.88 Å². The average Bonchev–Trinajstić information content (AvgIpc) is 2.15. The van der Waals surface area contributed by atoms with Crippen molar-refractivity contribution in [2.45, 2.75) is 11.3 Å². The van der Waals surface area contributed by atoms with Gasteiger partial charge in [-0.15, -0.1) is 11.8 Å². The summed E-state index contributed by atoms with van der Waals surface area (Å²) in [4.78, 5) is 4.82. The Hall–Kier alpha value is -0.840. The Morgan fingerprint density at radius 3 is 2.77 bits per heavy atom. The van der Waals surface area contributed by atoms with Crippen molar-refractivity contribution >= 4 is 11.8 Å². The summed E-state index contributed by atoms with van der Waals surface area (Å²) in [6.45, 7) is -0.606. The Labute approximate surface area is 79.3 Å². The van der Waals surface area contributed by atoms with Crippen molar-refractivity contribution in [2.75, 3.05) is 12.9 Å². The van der Waals surface area contributed by atoms with Crippen LogP contribution in [0.25, 0.3) is 0 Å². The van der Waals surface area contributed by atoms with Gasteiger partial charge >= 0.3 is 0 Å². The average molecular weight is 205 g/mol. The van der Waals surface area contributed by atoms with Crippen LogP contribution in [0.3, 0.4) is 0 Å². The Morgan fingerprint density at radius 1 is 1.54 bits per heavy atom. The number of nitrogens with zero attached hydrogens (tertiary/aromatic N) is 1. The van der Waals surface area contributed by atoms with Crippen LogP contribution in [-0.2, 0) is 0 Å². The lowest BCUT2D eigenvalue weighted by Crippen LogP contribution is -2.07. The summed E-state index contributed by atoms with van der Waals surface area (Å²) in [7, 11) is 0. The van der Waals surface area contributed by atoms with E-state index in [0.717, 1.165) is 4.90 Å². The summed E-state index contributed by atoms with van der Waals surface area (Å²) < 4.78 is 28.1. The summed E-state index contributed by atoms with van der Waals surface area (Å²) in [5.74, 6) is 0.234. The Bertz CT molecular complexity index is 253. The molecule has 0 aliphatic heterocycles. The van der Waals surface area contributed by atoms with E-state index in [0.29, 0.717) is 0 Å². The van der Waals surface area contributed by atoms with Crippen LogP contribution in [0.2, 0.25) is 0 Å². The maximum Gasteiger partial charge on any atom is 0.272 e. The summed E-state index contributed by atoms with van der Waals surface area (Å²) in [6, 6.07) is 3.35. The van der Waals surface area contributed by atoms with Gasteiger partial charge in [0.15, 0.2) is 6.61 Å². The molecule has 13 heavy (non-hydrogen) atoms. The second kappa shape index (κ2) is 5.01. The maximum atomic E-state index is 11.7. The number of hydrogen-bond acceptors (Lipinski definition) is 3. The van der Waals surface area contributed by atoms with Gasteiger partial charge in [-0.3, -0.25) is 0 Å². The number of rotatable bonds is 4. The molecule has 5 heteroatoms. The molecule has 0 aliphatic rings. The highest BCUT2D eigenvalue weighted by Gasteiger charge is 2.03. The normalized spacial score (nSPS) is 10.5. The summed E-state index contributed by atoms with van der Waals surface area (Å²) in [5.41, 5.74) is 0. The fourth-order valence-corrected chi connectivity index (χ4v) is 1.08. The molecule has 0 N–H and O–H groups in total. The maximum absolute atomic E-state index is 11.7. The molecule has 0 saturated carbocycles. The first-order valence-corrected chi connectivity index (χ1v) is 4.86. The fraction of sp³-hybridized carbons (Fsp3) is 0.375. The molecule has 0 aliphatic carbocycles. The van der Waals surface area contributed by atoms with Gasteiger partial charge in [-0.25, -0.2) is 13.8 Å². The van der Waals surface area contributed by atoms with Crippen molar-refractivity contribution in [3.8, 4) is 5.88 Å². The third kappa shape index (κ3) is 3.59. The molecule has 0 saturated heterocycles. The molecule has 0 aromatic carbocycles. The van der Waals surface area contributed by atoms with Crippen LogP contribution in [0.15, 0.2) is 23.2 Å². The number of ether oxygens (including phenoxy) is 1. The van der Waals surface area contributed by atoms with Gasteiger partial charge in [0.2, 0.25) is 5.88 Å². The van der Waals surface area contributed by atoms with Gasteiger partial charge in [-0.1, -0.05) is 0 Å². The van der Waals surface area contributed by atoms with Gasteiger partial charge < -0.3 is 4.74 Å². The predicted octanol–water partition coefficient (Wildman–Crippen LogP) is 2.45. The zero-order chi connectivity index (χ0) is 9.68. The second-order valence-electron chi connectivity index (χ2n) is 2.24. The molecule has 0 atom stereocenters. The lowest BCUT2D eigenvalue weighted by molar-refractivity contribution is 0.0795. The van der Waals surface area contributed by atoms with Gasteiger partial charge in [-0.05, 0) is 12.3 Å². The number of alkyl halides is 2. The molecule has 2 nitrogen and oxygen atoms in total. The largest absolute Gasteiger partial charge is 0.472 e. The lowest BCUT2D eigenvalue weighted by Gasteiger charge is -2.03. The third-order valence-corrected chi connectivity index (χ3v) is 2.02. The van der Waals surface area contributed by atoms with Crippen LogP contribution in [0.4, 0.5) is 8.78 Å². The standard InChI is InChI=1S/C8H9F2NOS/c1-13-6-2-3-8(11-4-6)12-5-7(9)10/h2-4,7H,5H2,1H3. The number of thioether (sulfide) groups is 1. The summed E-state index contributed by atoms with van der Waals surface area (Å²) in [5, 5.41) is 0. The molecule has 0 fully saturated rings. The Morgan fingerprint density at radius 2 is 2.31 bits per heavy atom. The first-order valence-electron chi connectivity index (χ1n) is 3.63. The smallest absolute Gasteiger partial charge is 0.272 e. The molecule has 0 unspecified atom stereocenters. The summed E-state index contributed by atoms with van der Waals surface area (Å²) >= 11 is 1.54. The predicted molar refractivity (Wildman–Crippen MR) is 47.5 cm³/mol. The van der Waals surface area contributed by atoms with E-state index in [2.05, 4.69) is 4.98 Å². The van der Waals surface area contributed by atoms with Crippen molar-refractivity contribution in [3.05, 3.63) is 18.3 Å². The van der Waals surface area contributed by atoms with Crippen molar-refractivity contribution in [1.82, 2.24) is 4.98 Å². The molecule has 0 radical (unpaired) electrons. The SMILES string of the molecule is CSc1ccc(OCC(F)F)nc1. The van der Waals surface area contributed by atoms with Gasteiger partial charge in [0.25, 0.3) is 6.43 Å². The molecule has 0 bridgehead atoms. The topological polar surface area (TPSA) is 22.1 Å². The van der Waals surface area contributed by atoms with Gasteiger partial charge in [0.1, 0.15) is 0 Å². The fourth-order valence-electron chi connectivity index (χ4n) is 0.721. The molecule has 1 heterocycles. The first kappa shape index (κ1) is 10.2. The van der Waals surface area contributed by atoms with Crippen LogP contribution in [0, 0.1) is 0 Å². The quantitative estimate of drug-likeness (QED) is 0.705. The highest BCUT2D eigenvalue weighted by molar-refractivity contribution is 7.98. The van der Waals surface area contributed by atoms with E-state index in [9.17, 15) is 8.78 Å². The van der Waals surface area contributed by atoms with E-state index in [1.54, 1.807) is 18.3 Å². The Balaban J connectivity index is 2.49. The minimum atomic E-state index is -2.46. The van der Waals surface area contributed by atoms with Crippen molar-refractivity contribution in [2.24, 2.45) is 0 Å². The molecule has 1 rings (SSSR count). The zero-order valence-corrected chi connectivity index (χ0v) is 7.85. The number of hydrogen-bond donors (Lipinski definition) is 0. The molecule has 1 aromatic heterocycles. The number of aromatic nitrogens is 1. The highest BCUT2D eigenvalue weighted by Crippen LogP contribution is 2.15. The van der Waals surface area contributed by atoms with E-state index in [1.807, 2.05) is 6.26 Å². The minimum Gasteiger partial charge on any atom is -0.472 e. The lowest BCUT2D eigenvalue weighted by atomic mass is 10.5. The summed E-state index contributed by atoms with van der Waals surface area (Å²) in [6.07, 6.45) is 1.05. The number of pyridine rings is 1. The van der Waals surface area contributed by atoms with Crippen LogP contribution in [-0.4, -0.2) is 24.3 Å². The zero-order valence-electron chi connectivity index (χ0n) is 7.04. The molecular formula is C8H9F2NOS. The van der Waals surface area contributed by atoms with E-state index in [-0.39, 0.29) is 5.88 Å². The number of halogens is 2. The van der Waals surface area contributed by atoms with Crippen LogP contribution in [0.1, 0.15) is 0 Å². The van der Waals surface area contributed by atoms with Crippen molar-refractivity contribution in [1.29, 1.82) is 0 Å². The molecule has 1 aromatic rings. The third-order valence-electron chi connectivity index (χ3n) is 1.30. The van der Waals surface area contributed by atoms with Crippen LogP contribution < -0.4 is 4.74 Å². The van der Waals surface area contributed by atoms with Crippen molar-refractivity contribution in [3.63, 3.8) is 0 Å². The molecule has 0 spiro atoms. The van der Waals surface area contributed by atoms with E-state index in [4.69, 9.17) is 4.74 Å². The van der Waals surface area contributed by atoms with Crippen LogP contribution >= 0.6 is 11.8 Å². The van der Waals surface area contributed by atoms with E-state index < -0.39 is 13.0 Å². The Kier molecular flexibility index (Phi) is 3.95. The minimum absolute atomic E-state index is 0.234. The first-order chi connectivity index (χ1) is 6.22. The van der Waals surface area contributed by atoms with E-state index >= 15 is 0 Å². The molecule has 0 amide bonds. The highest BCUT2D eigenvalue weighted by atomic mass is 32.2. The van der Waals surface area contributed by atoms with Gasteiger partial charge in [0, 0.05) is 17.2 Å². The van der Waals surface area contributed by atoms with Gasteiger partial charge in [-0.2, -0.15) is 0 Å². The molecular weight excluding hydrogens is 196 g/mol. The van der Waals surface area contributed by atoms with E-state index in [1.165, 1.54) is 11.8 Å². The second-order valence-corrected chi connectivity index (χ2v) is 3.12. The molecule has 72 valence electrons. The van der Waals surface area contributed by atoms with Gasteiger partial charge in [0.05, 0.1) is 0 Å². The monoisotopic (exact) mass is 205 g/mol. The van der Waals surface area contributed by atoms with Crippen molar-refractivity contribution < 1.29 is 13.5 Å².